The number of nitrogens with one attached hydrogen (secondary N) is 2. The summed E-state index contributed by atoms with van der Waals surface area (Å²) in [7, 11) is 1.61. The van der Waals surface area contributed by atoms with Gasteiger partial charge in [-0.05, 0) is 6.92 Å². The Morgan fingerprint density at radius 3 is 2.56 bits per heavy atom. The number of anilines is 2. The third-order valence-corrected chi connectivity index (χ3v) is 2.09. The van der Waals surface area contributed by atoms with Gasteiger partial charge in [-0.2, -0.15) is 4.98 Å². The van der Waals surface area contributed by atoms with Crippen molar-refractivity contribution in [1.29, 1.82) is 0 Å². The lowest BCUT2D eigenvalue weighted by molar-refractivity contribution is 0.147. The van der Waals surface area contributed by atoms with Crippen molar-refractivity contribution in [2.75, 3.05) is 30.9 Å². The van der Waals surface area contributed by atoms with Gasteiger partial charge in [0.25, 0.3) is 0 Å². The van der Waals surface area contributed by atoms with E-state index >= 15 is 0 Å². The third-order valence-electron chi connectivity index (χ3n) is 2.09. The zero-order valence-electron chi connectivity index (χ0n) is 9.16. The minimum Gasteiger partial charge on any atom is -0.394 e. The van der Waals surface area contributed by atoms with E-state index in [1.165, 1.54) is 0 Å². The Hall–Kier alpha value is -1.47. The van der Waals surface area contributed by atoms with Gasteiger partial charge in [-0.25, -0.2) is 9.37 Å². The molecule has 1 heterocycles. The molecule has 0 atom stereocenters. The fourth-order valence-corrected chi connectivity index (χ4v) is 0.990. The lowest BCUT2D eigenvalue weighted by Gasteiger charge is -2.26. The van der Waals surface area contributed by atoms with Gasteiger partial charge in [0, 0.05) is 7.05 Å². The van der Waals surface area contributed by atoms with E-state index in [4.69, 9.17) is 10.2 Å². The number of rotatable bonds is 5. The molecule has 6 nitrogen and oxygen atoms in total. The number of aliphatic hydroxyl groups excluding tert-OH is 2. The van der Waals surface area contributed by atoms with E-state index in [1.54, 1.807) is 14.0 Å². The number of aliphatic hydroxyl groups is 2. The topological polar surface area (TPSA) is 90.3 Å². The molecule has 0 aliphatic heterocycles. The Labute approximate surface area is 92.5 Å². The fraction of sp³-hybridized carbons (Fsp3) is 0.556. The van der Waals surface area contributed by atoms with Crippen molar-refractivity contribution in [3.8, 4) is 0 Å². The molecule has 0 saturated heterocycles. The molecular weight excluding hydrogens is 215 g/mol. The quantitative estimate of drug-likeness (QED) is 0.560. The summed E-state index contributed by atoms with van der Waals surface area (Å²) in [6.45, 7) is 0.858. The molecule has 0 spiro atoms. The summed E-state index contributed by atoms with van der Waals surface area (Å²) < 4.78 is 13.3. The Morgan fingerprint density at radius 1 is 1.44 bits per heavy atom. The summed E-state index contributed by atoms with van der Waals surface area (Å²) in [5.41, 5.74) is -1.03. The van der Waals surface area contributed by atoms with E-state index in [9.17, 15) is 4.39 Å². The Kier molecular flexibility index (Phi) is 3.97. The summed E-state index contributed by atoms with van der Waals surface area (Å²) in [6.07, 6.45) is 1.01. The lowest BCUT2D eigenvalue weighted by Crippen LogP contribution is -2.43. The van der Waals surface area contributed by atoms with Crippen molar-refractivity contribution in [3.05, 3.63) is 12.0 Å². The second-order valence-electron chi connectivity index (χ2n) is 3.64. The van der Waals surface area contributed by atoms with E-state index in [-0.39, 0.29) is 25.0 Å². The van der Waals surface area contributed by atoms with Gasteiger partial charge in [0.05, 0.1) is 24.9 Å². The lowest BCUT2D eigenvalue weighted by atomic mass is 10.1. The molecule has 16 heavy (non-hydrogen) atoms. The first-order chi connectivity index (χ1) is 7.54. The first kappa shape index (κ1) is 12.6. The van der Waals surface area contributed by atoms with Crippen LogP contribution in [0, 0.1) is 5.82 Å². The van der Waals surface area contributed by atoms with E-state index in [2.05, 4.69) is 20.6 Å². The van der Waals surface area contributed by atoms with Crippen LogP contribution < -0.4 is 10.6 Å². The monoisotopic (exact) mass is 230 g/mol. The fourth-order valence-electron chi connectivity index (χ4n) is 0.990. The second kappa shape index (κ2) is 5.04. The highest BCUT2D eigenvalue weighted by atomic mass is 19.1. The van der Waals surface area contributed by atoms with Crippen LogP contribution in [0.5, 0.6) is 0 Å². The minimum absolute atomic E-state index is 0.0649. The molecule has 0 aliphatic carbocycles. The van der Waals surface area contributed by atoms with E-state index in [1.807, 2.05) is 0 Å². The molecule has 1 aromatic heterocycles. The predicted molar refractivity (Wildman–Crippen MR) is 57.7 cm³/mol. The molecule has 0 saturated carbocycles. The van der Waals surface area contributed by atoms with Crippen LogP contribution in [0.2, 0.25) is 0 Å². The number of halogens is 1. The molecule has 0 aromatic carbocycles. The molecule has 0 aliphatic rings. The van der Waals surface area contributed by atoms with Crippen molar-refractivity contribution in [1.82, 2.24) is 9.97 Å². The van der Waals surface area contributed by atoms with Crippen molar-refractivity contribution < 1.29 is 14.6 Å². The van der Waals surface area contributed by atoms with Crippen molar-refractivity contribution >= 4 is 11.8 Å². The van der Waals surface area contributed by atoms with Gasteiger partial charge >= 0.3 is 0 Å². The maximum absolute atomic E-state index is 13.3. The van der Waals surface area contributed by atoms with E-state index in [0.29, 0.717) is 0 Å². The number of hydrogen-bond donors (Lipinski definition) is 4. The summed E-state index contributed by atoms with van der Waals surface area (Å²) >= 11 is 0. The largest absolute Gasteiger partial charge is 0.394 e. The third kappa shape index (κ3) is 2.77. The van der Waals surface area contributed by atoms with Crippen molar-refractivity contribution in [2.45, 2.75) is 12.5 Å². The van der Waals surface area contributed by atoms with Gasteiger partial charge in [-0.1, -0.05) is 0 Å². The van der Waals surface area contributed by atoms with Gasteiger partial charge in [0.15, 0.2) is 11.6 Å². The van der Waals surface area contributed by atoms with Gasteiger partial charge < -0.3 is 20.8 Å². The molecule has 1 aromatic rings. The maximum Gasteiger partial charge on any atom is 0.224 e. The average Bonchev–Trinajstić information content (AvgIpc) is 2.32. The van der Waals surface area contributed by atoms with Crippen LogP contribution in [0.3, 0.4) is 0 Å². The standard InChI is InChI=1S/C9H15FN4O2/c1-9(4-15,5-16)14-7-6(10)3-12-8(11-2)13-7/h3,15-16H,4-5H2,1-2H3,(H2,11,12,13,14). The highest BCUT2D eigenvalue weighted by molar-refractivity contribution is 5.43. The maximum atomic E-state index is 13.3. The summed E-state index contributed by atoms with van der Waals surface area (Å²) in [6, 6.07) is 0. The van der Waals surface area contributed by atoms with Gasteiger partial charge in [0.1, 0.15) is 0 Å². The summed E-state index contributed by atoms with van der Waals surface area (Å²) in [5, 5.41) is 23.4. The molecule has 0 fully saturated rings. The number of nitrogens with zero attached hydrogens (tertiary/aromatic N) is 2. The average molecular weight is 230 g/mol. The summed E-state index contributed by atoms with van der Waals surface area (Å²) in [4.78, 5) is 7.52. The molecule has 0 unspecified atom stereocenters. The van der Waals surface area contributed by atoms with Crippen molar-refractivity contribution in [2.24, 2.45) is 0 Å². The van der Waals surface area contributed by atoms with Crippen LogP contribution in [0.25, 0.3) is 0 Å². The Bertz CT molecular complexity index is 357. The van der Waals surface area contributed by atoms with Gasteiger partial charge in [0.2, 0.25) is 5.95 Å². The number of hydrogen-bond acceptors (Lipinski definition) is 6. The molecule has 90 valence electrons. The highest BCUT2D eigenvalue weighted by Crippen LogP contribution is 2.17. The first-order valence-electron chi connectivity index (χ1n) is 4.75. The molecule has 0 bridgehead atoms. The molecule has 7 heteroatoms. The van der Waals surface area contributed by atoms with Crippen LogP contribution in [0.1, 0.15) is 6.92 Å². The van der Waals surface area contributed by atoms with Crippen LogP contribution >= 0.6 is 0 Å². The second-order valence-corrected chi connectivity index (χ2v) is 3.64. The van der Waals surface area contributed by atoms with Gasteiger partial charge in [-0.3, -0.25) is 0 Å². The van der Waals surface area contributed by atoms with Crippen LogP contribution in [0.15, 0.2) is 6.20 Å². The normalized spacial score (nSPS) is 11.3. The number of aromatic nitrogens is 2. The zero-order valence-corrected chi connectivity index (χ0v) is 9.16. The molecule has 0 amide bonds. The molecular formula is C9H15FN4O2. The van der Waals surface area contributed by atoms with Crippen molar-refractivity contribution in [3.63, 3.8) is 0 Å². The van der Waals surface area contributed by atoms with Crippen LogP contribution in [-0.2, 0) is 0 Å². The van der Waals surface area contributed by atoms with Crippen LogP contribution in [-0.4, -0.2) is 46.0 Å². The summed E-state index contributed by atoms with van der Waals surface area (Å²) in [5.74, 6) is -0.459. The zero-order chi connectivity index (χ0) is 12.2. The highest BCUT2D eigenvalue weighted by Gasteiger charge is 2.24. The molecule has 1 rings (SSSR count). The Balaban J connectivity index is 2.95. The van der Waals surface area contributed by atoms with E-state index < -0.39 is 11.4 Å². The Morgan fingerprint density at radius 2 is 2.06 bits per heavy atom. The van der Waals surface area contributed by atoms with E-state index in [0.717, 1.165) is 6.20 Å². The van der Waals surface area contributed by atoms with Crippen LogP contribution in [0.4, 0.5) is 16.2 Å². The smallest absolute Gasteiger partial charge is 0.224 e. The minimum atomic E-state index is -1.03. The predicted octanol–water partition coefficient (Wildman–Crippen LogP) is -0.187. The molecule has 4 N–H and O–H groups in total. The van der Waals surface area contributed by atoms with Gasteiger partial charge in [-0.15, -0.1) is 0 Å². The SMILES string of the molecule is CNc1ncc(F)c(NC(C)(CO)CO)n1. The first-order valence-corrected chi connectivity index (χ1v) is 4.75. The molecule has 0 radical (unpaired) electrons.